The van der Waals surface area contributed by atoms with Gasteiger partial charge in [0, 0.05) is 5.69 Å². The van der Waals surface area contributed by atoms with E-state index in [9.17, 15) is 9.18 Å². The zero-order chi connectivity index (χ0) is 13.7. The molecule has 0 aliphatic heterocycles. The van der Waals surface area contributed by atoms with Gasteiger partial charge in [0.25, 0.3) is 0 Å². The average Bonchev–Trinajstić information content (AvgIpc) is 2.89. The SMILES string of the molecule is C/C=C/COC(=O)c1cncn1-c1ccc(F)cc1. The summed E-state index contributed by atoms with van der Waals surface area (Å²) in [7, 11) is 0. The van der Waals surface area contributed by atoms with Crippen LogP contribution in [-0.2, 0) is 4.74 Å². The number of imidazole rings is 1. The smallest absolute Gasteiger partial charge is 0.357 e. The molecular weight excluding hydrogens is 247 g/mol. The zero-order valence-corrected chi connectivity index (χ0v) is 10.4. The highest BCUT2D eigenvalue weighted by Crippen LogP contribution is 2.13. The van der Waals surface area contributed by atoms with Crippen molar-refractivity contribution in [1.82, 2.24) is 9.55 Å². The fourth-order valence-corrected chi connectivity index (χ4v) is 1.55. The van der Waals surface area contributed by atoms with Crippen molar-refractivity contribution in [2.75, 3.05) is 6.61 Å². The number of halogens is 1. The molecule has 0 radical (unpaired) electrons. The molecule has 4 nitrogen and oxygen atoms in total. The number of hydrogen-bond donors (Lipinski definition) is 0. The van der Waals surface area contributed by atoms with Crippen molar-refractivity contribution < 1.29 is 13.9 Å². The van der Waals surface area contributed by atoms with Crippen LogP contribution >= 0.6 is 0 Å². The first kappa shape index (κ1) is 13.0. The molecule has 0 spiro atoms. The van der Waals surface area contributed by atoms with Gasteiger partial charge in [0.2, 0.25) is 0 Å². The van der Waals surface area contributed by atoms with Gasteiger partial charge in [-0.15, -0.1) is 0 Å². The van der Waals surface area contributed by atoms with E-state index in [1.54, 1.807) is 28.9 Å². The molecule has 0 N–H and O–H groups in total. The van der Waals surface area contributed by atoms with Crippen LogP contribution in [0, 0.1) is 5.82 Å². The largest absolute Gasteiger partial charge is 0.457 e. The first-order valence-corrected chi connectivity index (χ1v) is 5.79. The normalized spacial score (nSPS) is 10.8. The monoisotopic (exact) mass is 260 g/mol. The van der Waals surface area contributed by atoms with Gasteiger partial charge in [0.15, 0.2) is 5.69 Å². The van der Waals surface area contributed by atoms with Crippen molar-refractivity contribution in [2.24, 2.45) is 0 Å². The van der Waals surface area contributed by atoms with Crippen LogP contribution in [0.4, 0.5) is 4.39 Å². The summed E-state index contributed by atoms with van der Waals surface area (Å²) in [4.78, 5) is 15.8. The molecule has 0 aliphatic rings. The van der Waals surface area contributed by atoms with Gasteiger partial charge >= 0.3 is 5.97 Å². The number of allylic oxidation sites excluding steroid dienone is 1. The molecule has 0 aliphatic carbocycles. The van der Waals surface area contributed by atoms with Crippen molar-refractivity contribution in [3.8, 4) is 5.69 Å². The molecule has 0 fully saturated rings. The number of carbonyl (C=O) groups is 1. The van der Waals surface area contributed by atoms with Crippen LogP contribution in [0.15, 0.2) is 48.9 Å². The van der Waals surface area contributed by atoms with E-state index in [0.717, 1.165) is 0 Å². The summed E-state index contributed by atoms with van der Waals surface area (Å²) in [5, 5.41) is 0. The van der Waals surface area contributed by atoms with Crippen LogP contribution in [0.25, 0.3) is 5.69 Å². The lowest BCUT2D eigenvalue weighted by molar-refractivity contribution is 0.0540. The van der Waals surface area contributed by atoms with E-state index in [1.807, 2.05) is 6.92 Å². The second-order valence-electron chi connectivity index (χ2n) is 3.79. The second-order valence-corrected chi connectivity index (χ2v) is 3.79. The summed E-state index contributed by atoms with van der Waals surface area (Å²) in [6.07, 6.45) is 6.43. The fourth-order valence-electron chi connectivity index (χ4n) is 1.55. The molecule has 19 heavy (non-hydrogen) atoms. The lowest BCUT2D eigenvalue weighted by Gasteiger charge is -2.07. The van der Waals surface area contributed by atoms with Crippen molar-refractivity contribution in [3.63, 3.8) is 0 Å². The Labute approximate surface area is 110 Å². The van der Waals surface area contributed by atoms with E-state index in [2.05, 4.69) is 4.98 Å². The van der Waals surface area contributed by atoms with Crippen LogP contribution < -0.4 is 0 Å². The number of hydrogen-bond acceptors (Lipinski definition) is 3. The van der Waals surface area contributed by atoms with Crippen molar-refractivity contribution >= 4 is 5.97 Å². The third-order valence-corrected chi connectivity index (χ3v) is 2.50. The number of nitrogens with zero attached hydrogens (tertiary/aromatic N) is 2. The third kappa shape index (κ3) is 3.07. The maximum absolute atomic E-state index is 12.9. The zero-order valence-electron chi connectivity index (χ0n) is 10.4. The van der Waals surface area contributed by atoms with Gasteiger partial charge in [0.05, 0.1) is 12.5 Å². The summed E-state index contributed by atoms with van der Waals surface area (Å²) >= 11 is 0. The average molecular weight is 260 g/mol. The van der Waals surface area contributed by atoms with E-state index >= 15 is 0 Å². The highest BCUT2D eigenvalue weighted by Gasteiger charge is 2.13. The molecule has 1 aromatic heterocycles. The van der Waals surface area contributed by atoms with Crippen LogP contribution in [0.3, 0.4) is 0 Å². The Morgan fingerprint density at radius 3 is 2.84 bits per heavy atom. The maximum atomic E-state index is 12.9. The molecule has 5 heteroatoms. The quantitative estimate of drug-likeness (QED) is 0.627. The Balaban J connectivity index is 2.22. The minimum absolute atomic E-state index is 0.212. The Morgan fingerprint density at radius 2 is 2.16 bits per heavy atom. The number of carbonyl (C=O) groups excluding carboxylic acids is 1. The van der Waals surface area contributed by atoms with Crippen molar-refractivity contribution in [2.45, 2.75) is 6.92 Å². The first-order chi connectivity index (χ1) is 9.22. The highest BCUT2D eigenvalue weighted by atomic mass is 19.1. The van der Waals surface area contributed by atoms with Crippen LogP contribution in [0.1, 0.15) is 17.4 Å². The molecule has 98 valence electrons. The summed E-state index contributed by atoms with van der Waals surface area (Å²) < 4.78 is 19.5. The topological polar surface area (TPSA) is 44.1 Å². The van der Waals surface area contributed by atoms with Crippen molar-refractivity contribution in [1.29, 1.82) is 0 Å². The van der Waals surface area contributed by atoms with Gasteiger partial charge in [0.1, 0.15) is 12.4 Å². The number of benzene rings is 1. The molecule has 2 aromatic rings. The number of ether oxygens (including phenoxy) is 1. The van der Waals surface area contributed by atoms with Crippen LogP contribution in [0.2, 0.25) is 0 Å². The standard InChI is InChI=1S/C14H13FN2O2/c1-2-3-8-19-14(18)13-9-16-10-17(13)12-6-4-11(15)5-7-12/h2-7,9-10H,8H2,1H3/b3-2+. The Morgan fingerprint density at radius 1 is 1.42 bits per heavy atom. The predicted octanol–water partition coefficient (Wildman–Crippen LogP) is 2.74. The van der Waals surface area contributed by atoms with Gasteiger partial charge in [-0.1, -0.05) is 12.2 Å². The summed E-state index contributed by atoms with van der Waals surface area (Å²) in [6.45, 7) is 2.06. The Bertz CT molecular complexity index is 588. The van der Waals surface area contributed by atoms with Gasteiger partial charge in [-0.2, -0.15) is 0 Å². The van der Waals surface area contributed by atoms with E-state index in [-0.39, 0.29) is 12.4 Å². The molecule has 0 unspecified atom stereocenters. The van der Waals surface area contributed by atoms with Gasteiger partial charge < -0.3 is 4.74 Å². The molecule has 0 saturated heterocycles. The van der Waals surface area contributed by atoms with E-state index in [1.165, 1.54) is 24.7 Å². The predicted molar refractivity (Wildman–Crippen MR) is 68.6 cm³/mol. The lowest BCUT2D eigenvalue weighted by atomic mass is 10.3. The molecule has 1 heterocycles. The second kappa shape index (κ2) is 5.95. The van der Waals surface area contributed by atoms with E-state index < -0.39 is 5.97 Å². The van der Waals surface area contributed by atoms with E-state index in [0.29, 0.717) is 11.4 Å². The lowest BCUT2D eigenvalue weighted by Crippen LogP contribution is -2.10. The number of esters is 1. The Kier molecular flexibility index (Phi) is 4.07. The molecule has 0 bridgehead atoms. The molecule has 0 atom stereocenters. The van der Waals surface area contributed by atoms with Crippen LogP contribution in [0.5, 0.6) is 0 Å². The molecule has 1 aromatic carbocycles. The number of rotatable bonds is 4. The summed E-state index contributed by atoms with van der Waals surface area (Å²) in [5.41, 5.74) is 0.952. The van der Waals surface area contributed by atoms with Crippen molar-refractivity contribution in [3.05, 3.63) is 60.5 Å². The fraction of sp³-hybridized carbons (Fsp3) is 0.143. The highest BCUT2D eigenvalue weighted by molar-refractivity contribution is 5.88. The summed E-state index contributed by atoms with van der Waals surface area (Å²) in [5.74, 6) is -0.805. The van der Waals surface area contributed by atoms with Gasteiger partial charge in [-0.3, -0.25) is 4.57 Å². The number of aromatic nitrogens is 2. The van der Waals surface area contributed by atoms with Gasteiger partial charge in [-0.25, -0.2) is 14.2 Å². The molecular formula is C14H13FN2O2. The molecule has 0 amide bonds. The molecule has 2 rings (SSSR count). The third-order valence-electron chi connectivity index (χ3n) is 2.50. The summed E-state index contributed by atoms with van der Waals surface area (Å²) in [6, 6.07) is 5.79. The van der Waals surface area contributed by atoms with Crippen LogP contribution in [-0.4, -0.2) is 22.1 Å². The first-order valence-electron chi connectivity index (χ1n) is 5.79. The Hall–Kier alpha value is -2.43. The van der Waals surface area contributed by atoms with E-state index in [4.69, 9.17) is 4.74 Å². The molecule has 0 saturated carbocycles. The maximum Gasteiger partial charge on any atom is 0.357 e. The minimum Gasteiger partial charge on any atom is -0.457 e. The minimum atomic E-state index is -0.472. The van der Waals surface area contributed by atoms with Gasteiger partial charge in [-0.05, 0) is 31.2 Å².